The maximum absolute atomic E-state index is 4.43. The van der Waals surface area contributed by atoms with Gasteiger partial charge >= 0.3 is 0 Å². The highest BCUT2D eigenvalue weighted by molar-refractivity contribution is 5.56. The number of hydrogen-bond donors (Lipinski definition) is 0. The molecule has 0 saturated heterocycles. The first-order valence-corrected chi connectivity index (χ1v) is 7.61. The summed E-state index contributed by atoms with van der Waals surface area (Å²) in [5.41, 5.74) is 1.64. The largest absolute Gasteiger partial charge is 0.336 e. The molecule has 4 aromatic rings. The fourth-order valence-electron chi connectivity index (χ4n) is 2.46. The molecular weight excluding hydrogens is 302 g/mol. The number of nitrogens with zero attached hydrogens (tertiary/aromatic N) is 7. The van der Waals surface area contributed by atoms with E-state index in [1.165, 1.54) is 0 Å². The Balaban J connectivity index is 1.55. The molecule has 0 fully saturated rings. The third kappa shape index (κ3) is 2.91. The lowest BCUT2D eigenvalue weighted by Crippen LogP contribution is -2.07. The maximum Gasteiger partial charge on any atom is 0.178 e. The van der Waals surface area contributed by atoms with E-state index < -0.39 is 0 Å². The van der Waals surface area contributed by atoms with E-state index in [4.69, 9.17) is 0 Å². The second-order valence-electron chi connectivity index (χ2n) is 5.26. The van der Waals surface area contributed by atoms with Crippen molar-refractivity contribution in [1.82, 2.24) is 34.1 Å². The van der Waals surface area contributed by atoms with Crippen LogP contribution in [0.3, 0.4) is 0 Å². The minimum absolute atomic E-state index is 0.607. The van der Waals surface area contributed by atoms with Crippen LogP contribution in [0, 0.1) is 0 Å². The van der Waals surface area contributed by atoms with Crippen LogP contribution in [0.25, 0.3) is 22.9 Å². The number of imidazole rings is 2. The highest BCUT2D eigenvalue weighted by Gasteiger charge is 2.08. The van der Waals surface area contributed by atoms with E-state index >= 15 is 0 Å². The summed E-state index contributed by atoms with van der Waals surface area (Å²) in [7, 11) is 0. The van der Waals surface area contributed by atoms with Gasteiger partial charge in [-0.25, -0.2) is 19.9 Å². The summed E-state index contributed by atoms with van der Waals surface area (Å²) in [5.74, 6) is 1.46. The van der Waals surface area contributed by atoms with Crippen molar-refractivity contribution >= 4 is 0 Å². The lowest BCUT2D eigenvalue weighted by atomic mass is 10.3. The molecule has 24 heavy (non-hydrogen) atoms. The van der Waals surface area contributed by atoms with E-state index in [1.807, 2.05) is 35.2 Å². The molecule has 0 spiro atoms. The smallest absolute Gasteiger partial charge is 0.178 e. The molecule has 0 amide bonds. The van der Waals surface area contributed by atoms with E-state index in [2.05, 4.69) is 29.5 Å². The minimum atomic E-state index is 0.607. The second-order valence-corrected chi connectivity index (χ2v) is 5.26. The summed E-state index contributed by atoms with van der Waals surface area (Å²) >= 11 is 0. The van der Waals surface area contributed by atoms with Gasteiger partial charge in [-0.1, -0.05) is 6.07 Å². The molecule has 4 aromatic heterocycles. The maximum atomic E-state index is 4.43. The molecule has 7 nitrogen and oxygen atoms in total. The Morgan fingerprint density at radius 1 is 0.833 bits per heavy atom. The van der Waals surface area contributed by atoms with Gasteiger partial charge in [0.2, 0.25) is 0 Å². The van der Waals surface area contributed by atoms with Crippen molar-refractivity contribution in [3.05, 3.63) is 67.9 Å². The summed E-state index contributed by atoms with van der Waals surface area (Å²) < 4.78 is 4.11. The van der Waals surface area contributed by atoms with Crippen LogP contribution >= 0.6 is 0 Å². The highest BCUT2D eigenvalue weighted by Crippen LogP contribution is 2.18. The van der Waals surface area contributed by atoms with Crippen molar-refractivity contribution in [2.45, 2.75) is 13.1 Å². The molecule has 118 valence electrons. The van der Waals surface area contributed by atoms with E-state index in [9.17, 15) is 0 Å². The van der Waals surface area contributed by atoms with Crippen LogP contribution in [0.5, 0.6) is 0 Å². The van der Waals surface area contributed by atoms with Gasteiger partial charge in [0.25, 0.3) is 0 Å². The molecule has 4 rings (SSSR count). The summed E-state index contributed by atoms with van der Waals surface area (Å²) in [4.78, 5) is 21.6. The average molecular weight is 317 g/mol. The van der Waals surface area contributed by atoms with Crippen LogP contribution < -0.4 is 0 Å². The minimum Gasteiger partial charge on any atom is -0.336 e. The zero-order valence-corrected chi connectivity index (χ0v) is 12.9. The van der Waals surface area contributed by atoms with E-state index in [1.54, 1.807) is 37.3 Å². The van der Waals surface area contributed by atoms with Crippen molar-refractivity contribution in [3.63, 3.8) is 0 Å². The predicted molar refractivity (Wildman–Crippen MR) is 88.7 cm³/mol. The Hall–Kier alpha value is -3.35. The van der Waals surface area contributed by atoms with Gasteiger partial charge in [-0.2, -0.15) is 0 Å². The summed E-state index contributed by atoms with van der Waals surface area (Å²) in [6, 6.07) is 5.68. The highest BCUT2D eigenvalue weighted by atomic mass is 15.1. The van der Waals surface area contributed by atoms with Gasteiger partial charge < -0.3 is 9.13 Å². The predicted octanol–water partition coefficient (Wildman–Crippen LogP) is 2.30. The number of hydrogen-bond acceptors (Lipinski definition) is 5. The first-order chi connectivity index (χ1) is 11.9. The van der Waals surface area contributed by atoms with Crippen LogP contribution in [-0.4, -0.2) is 34.1 Å². The fourth-order valence-corrected chi connectivity index (χ4v) is 2.46. The van der Waals surface area contributed by atoms with Gasteiger partial charge in [0.1, 0.15) is 11.5 Å². The number of aromatic nitrogens is 7. The molecule has 0 radical (unpaired) electrons. The zero-order valence-electron chi connectivity index (χ0n) is 12.9. The van der Waals surface area contributed by atoms with Gasteiger partial charge in [0.05, 0.1) is 11.9 Å². The third-order valence-corrected chi connectivity index (χ3v) is 3.68. The van der Waals surface area contributed by atoms with Crippen molar-refractivity contribution in [2.75, 3.05) is 0 Å². The van der Waals surface area contributed by atoms with Crippen LogP contribution in [0.15, 0.2) is 67.9 Å². The first-order valence-electron chi connectivity index (χ1n) is 7.61. The van der Waals surface area contributed by atoms with Crippen LogP contribution in [0.1, 0.15) is 0 Å². The topological polar surface area (TPSA) is 74.3 Å². The molecule has 0 unspecified atom stereocenters. The third-order valence-electron chi connectivity index (χ3n) is 3.68. The van der Waals surface area contributed by atoms with Gasteiger partial charge in [0.15, 0.2) is 5.82 Å². The summed E-state index contributed by atoms with van der Waals surface area (Å²) in [6.07, 6.45) is 14.6. The lowest BCUT2D eigenvalue weighted by Gasteiger charge is -2.08. The van der Waals surface area contributed by atoms with E-state index in [0.717, 1.165) is 30.2 Å². The molecular formula is C17H15N7. The molecule has 0 N–H and O–H groups in total. The quantitative estimate of drug-likeness (QED) is 0.564. The first kappa shape index (κ1) is 14.3. The molecule has 0 bridgehead atoms. The molecule has 0 aromatic carbocycles. The molecule has 0 aliphatic rings. The zero-order chi connectivity index (χ0) is 16.2. The Morgan fingerprint density at radius 3 is 2.50 bits per heavy atom. The monoisotopic (exact) mass is 317 g/mol. The molecule has 0 atom stereocenters. The number of aryl methyl sites for hydroxylation is 2. The number of rotatable bonds is 5. The van der Waals surface area contributed by atoms with Crippen molar-refractivity contribution < 1.29 is 0 Å². The Kier molecular flexibility index (Phi) is 3.81. The van der Waals surface area contributed by atoms with Crippen molar-refractivity contribution in [3.8, 4) is 22.9 Å². The number of pyridine rings is 1. The fraction of sp³-hybridized carbons (Fsp3) is 0.118. The Bertz CT molecular complexity index is 896. The summed E-state index contributed by atoms with van der Waals surface area (Å²) in [6.45, 7) is 1.63. The average Bonchev–Trinajstić information content (AvgIpc) is 3.32. The molecule has 0 aliphatic carbocycles. The SMILES string of the molecule is c1ccc(-c2ncc(-c3nccn3CCn3ccnc3)cn2)nc1. The van der Waals surface area contributed by atoms with Gasteiger partial charge in [-0.05, 0) is 12.1 Å². The van der Waals surface area contributed by atoms with E-state index in [-0.39, 0.29) is 0 Å². The van der Waals surface area contributed by atoms with Crippen LogP contribution in [0.4, 0.5) is 0 Å². The normalized spacial score (nSPS) is 10.8. The Morgan fingerprint density at radius 2 is 1.75 bits per heavy atom. The van der Waals surface area contributed by atoms with Crippen molar-refractivity contribution in [1.29, 1.82) is 0 Å². The van der Waals surface area contributed by atoms with Gasteiger partial charge in [0, 0.05) is 56.5 Å². The van der Waals surface area contributed by atoms with Gasteiger partial charge in [-0.3, -0.25) is 4.98 Å². The lowest BCUT2D eigenvalue weighted by molar-refractivity contribution is 0.582. The van der Waals surface area contributed by atoms with Crippen LogP contribution in [-0.2, 0) is 13.1 Å². The summed E-state index contributed by atoms with van der Waals surface area (Å²) in [5, 5.41) is 0. The second kappa shape index (κ2) is 6.41. The molecule has 7 heteroatoms. The Labute approximate surface area is 138 Å². The van der Waals surface area contributed by atoms with E-state index in [0.29, 0.717) is 5.82 Å². The standard InChI is InChI=1S/C17H15N7/c1-2-4-19-15(3-1)16-21-11-14(12-22-16)17-20-6-8-24(17)10-9-23-7-5-18-13-23/h1-8,11-13H,9-10H2. The molecule has 0 aliphatic heterocycles. The van der Waals surface area contributed by atoms with Gasteiger partial charge in [-0.15, -0.1) is 0 Å². The molecule has 0 saturated carbocycles. The van der Waals surface area contributed by atoms with Crippen molar-refractivity contribution in [2.24, 2.45) is 0 Å². The van der Waals surface area contributed by atoms with Crippen LogP contribution in [0.2, 0.25) is 0 Å². The molecule has 4 heterocycles.